The molecule has 0 bridgehead atoms. The number of ether oxygens (including phenoxy) is 1. The number of amides is 1. The zero-order valence-electron chi connectivity index (χ0n) is 15.4. The smallest absolute Gasteiger partial charge is 0.329 e. The number of aromatic nitrogens is 2. The van der Waals surface area contributed by atoms with Crippen LogP contribution in [0.3, 0.4) is 0 Å². The maximum absolute atomic E-state index is 12.7. The minimum Gasteiger partial charge on any atom is -0.493 e. The first-order valence-corrected chi connectivity index (χ1v) is 9.38. The number of hydrogen-bond acceptors (Lipinski definition) is 3. The summed E-state index contributed by atoms with van der Waals surface area (Å²) in [7, 11) is 0. The van der Waals surface area contributed by atoms with Gasteiger partial charge in [0.15, 0.2) is 0 Å². The maximum atomic E-state index is 12.7. The quantitative estimate of drug-likeness (QED) is 0.756. The van der Waals surface area contributed by atoms with Crippen molar-refractivity contribution in [2.24, 2.45) is 0 Å². The lowest BCUT2D eigenvalue weighted by molar-refractivity contribution is -0.122. The summed E-state index contributed by atoms with van der Waals surface area (Å²) in [4.78, 5) is 25.2. The molecule has 1 aromatic heterocycles. The van der Waals surface area contributed by atoms with Crippen molar-refractivity contribution >= 4 is 16.9 Å². The van der Waals surface area contributed by atoms with Crippen molar-refractivity contribution in [2.75, 3.05) is 6.61 Å². The summed E-state index contributed by atoms with van der Waals surface area (Å²) in [6.07, 6.45) is 1.01. The van der Waals surface area contributed by atoms with Crippen LogP contribution in [-0.4, -0.2) is 21.6 Å². The van der Waals surface area contributed by atoms with Crippen molar-refractivity contribution in [1.29, 1.82) is 0 Å². The topological polar surface area (TPSA) is 65.3 Å². The highest BCUT2D eigenvalue weighted by Crippen LogP contribution is 2.31. The van der Waals surface area contributed by atoms with E-state index in [9.17, 15) is 9.59 Å². The first-order chi connectivity index (χ1) is 13.2. The zero-order chi connectivity index (χ0) is 18.8. The minimum atomic E-state index is -0.0667. The number of carbonyl (C=O) groups excluding carboxylic acids is 1. The lowest BCUT2D eigenvalue weighted by atomic mass is 10.0. The largest absolute Gasteiger partial charge is 0.493 e. The Morgan fingerprint density at radius 3 is 2.59 bits per heavy atom. The zero-order valence-corrected chi connectivity index (χ0v) is 15.4. The van der Waals surface area contributed by atoms with E-state index in [0.717, 1.165) is 28.8 Å². The Morgan fingerprint density at radius 2 is 1.81 bits per heavy atom. The van der Waals surface area contributed by atoms with E-state index in [1.165, 1.54) is 0 Å². The molecule has 1 atom stereocenters. The SMILES string of the molecule is CCn1c(=O)n(CCC(=O)N[C@H]2CCOc3ccccc32)c2ccccc21. The number of nitrogens with zero attached hydrogens (tertiary/aromatic N) is 2. The van der Waals surface area contributed by atoms with Crippen LogP contribution in [0, 0.1) is 0 Å². The van der Waals surface area contributed by atoms with E-state index < -0.39 is 0 Å². The average molecular weight is 365 g/mol. The maximum Gasteiger partial charge on any atom is 0.329 e. The highest BCUT2D eigenvalue weighted by molar-refractivity contribution is 5.78. The van der Waals surface area contributed by atoms with Crippen LogP contribution in [0.2, 0.25) is 0 Å². The number of carbonyl (C=O) groups is 1. The standard InChI is InChI=1S/C21H23N3O3/c1-2-23-17-8-4-5-9-18(17)24(21(23)26)13-11-20(25)22-16-12-14-27-19-10-6-3-7-15(16)19/h3-10,16H,2,11-14H2,1H3,(H,22,25)/t16-/m0/s1. The van der Waals surface area contributed by atoms with Crippen molar-refractivity contribution in [3.63, 3.8) is 0 Å². The molecule has 1 aliphatic heterocycles. The summed E-state index contributed by atoms with van der Waals surface area (Å²) in [5.74, 6) is 0.771. The van der Waals surface area contributed by atoms with Crippen LogP contribution in [0.4, 0.5) is 0 Å². The molecule has 0 radical (unpaired) electrons. The second-order valence-electron chi connectivity index (χ2n) is 6.71. The van der Waals surface area contributed by atoms with Gasteiger partial charge in [0, 0.05) is 31.5 Å². The molecule has 1 N–H and O–H groups in total. The summed E-state index contributed by atoms with van der Waals surface area (Å²) in [5, 5.41) is 3.09. The average Bonchev–Trinajstić information content (AvgIpc) is 2.97. The fourth-order valence-electron chi connectivity index (χ4n) is 3.77. The first-order valence-electron chi connectivity index (χ1n) is 9.38. The molecule has 2 heterocycles. The van der Waals surface area contributed by atoms with Crippen LogP contribution in [0.5, 0.6) is 5.75 Å². The molecule has 0 aliphatic carbocycles. The summed E-state index contributed by atoms with van der Waals surface area (Å²) in [5.41, 5.74) is 2.72. The number of imidazole rings is 1. The second-order valence-corrected chi connectivity index (χ2v) is 6.71. The number of hydrogen-bond donors (Lipinski definition) is 1. The number of aryl methyl sites for hydroxylation is 2. The van der Waals surface area contributed by atoms with Gasteiger partial charge in [-0.15, -0.1) is 0 Å². The molecular formula is C21H23N3O3. The number of para-hydroxylation sites is 3. The highest BCUT2D eigenvalue weighted by atomic mass is 16.5. The van der Waals surface area contributed by atoms with Gasteiger partial charge in [-0.3, -0.25) is 13.9 Å². The normalized spacial score (nSPS) is 16.0. The molecule has 6 heteroatoms. The third-order valence-electron chi connectivity index (χ3n) is 5.10. The van der Waals surface area contributed by atoms with Gasteiger partial charge in [-0.05, 0) is 25.1 Å². The van der Waals surface area contributed by atoms with Crippen LogP contribution in [0.1, 0.15) is 31.4 Å². The van der Waals surface area contributed by atoms with Gasteiger partial charge in [-0.25, -0.2) is 4.79 Å². The number of fused-ring (bicyclic) bond motifs is 2. The lowest BCUT2D eigenvalue weighted by Gasteiger charge is -2.26. The van der Waals surface area contributed by atoms with Crippen LogP contribution < -0.4 is 15.7 Å². The fourth-order valence-corrected chi connectivity index (χ4v) is 3.77. The molecule has 0 saturated heterocycles. The predicted molar refractivity (Wildman–Crippen MR) is 104 cm³/mol. The third kappa shape index (κ3) is 3.23. The van der Waals surface area contributed by atoms with E-state index in [0.29, 0.717) is 19.7 Å². The van der Waals surface area contributed by atoms with Gasteiger partial charge < -0.3 is 10.1 Å². The molecule has 27 heavy (non-hydrogen) atoms. The lowest BCUT2D eigenvalue weighted by Crippen LogP contribution is -2.33. The van der Waals surface area contributed by atoms with Crippen LogP contribution >= 0.6 is 0 Å². The van der Waals surface area contributed by atoms with Gasteiger partial charge in [-0.2, -0.15) is 0 Å². The molecule has 0 unspecified atom stereocenters. The van der Waals surface area contributed by atoms with Crippen molar-refractivity contribution < 1.29 is 9.53 Å². The van der Waals surface area contributed by atoms with E-state index in [1.54, 1.807) is 9.13 Å². The molecule has 0 saturated carbocycles. The Morgan fingerprint density at radius 1 is 1.11 bits per heavy atom. The van der Waals surface area contributed by atoms with Crippen LogP contribution in [-0.2, 0) is 17.9 Å². The van der Waals surface area contributed by atoms with Gasteiger partial charge in [0.05, 0.1) is 23.7 Å². The van der Waals surface area contributed by atoms with Gasteiger partial charge in [0.25, 0.3) is 0 Å². The van der Waals surface area contributed by atoms with Crippen LogP contribution in [0.25, 0.3) is 11.0 Å². The van der Waals surface area contributed by atoms with E-state index in [4.69, 9.17) is 4.74 Å². The summed E-state index contributed by atoms with van der Waals surface area (Å²) >= 11 is 0. The molecule has 0 spiro atoms. The van der Waals surface area contributed by atoms with Crippen LogP contribution in [0.15, 0.2) is 53.3 Å². The Bertz CT molecular complexity index is 1030. The molecule has 2 aromatic carbocycles. The summed E-state index contributed by atoms with van der Waals surface area (Å²) in [6.45, 7) is 3.51. The Labute approximate surface area is 157 Å². The fraction of sp³-hybridized carbons (Fsp3) is 0.333. The Hall–Kier alpha value is -3.02. The van der Waals surface area contributed by atoms with Crippen molar-refractivity contribution in [2.45, 2.75) is 38.9 Å². The van der Waals surface area contributed by atoms with Gasteiger partial charge in [-0.1, -0.05) is 30.3 Å². The third-order valence-corrected chi connectivity index (χ3v) is 5.10. The van der Waals surface area contributed by atoms with Crippen molar-refractivity contribution in [1.82, 2.24) is 14.5 Å². The number of rotatable bonds is 5. The summed E-state index contributed by atoms with van der Waals surface area (Å²) in [6, 6.07) is 15.4. The second kappa shape index (κ2) is 7.31. The van der Waals surface area contributed by atoms with E-state index in [-0.39, 0.29) is 24.1 Å². The molecule has 1 aliphatic rings. The van der Waals surface area contributed by atoms with Crippen molar-refractivity contribution in [3.05, 3.63) is 64.6 Å². The van der Waals surface area contributed by atoms with Gasteiger partial charge in [0.2, 0.25) is 5.91 Å². The van der Waals surface area contributed by atoms with Crippen molar-refractivity contribution in [3.8, 4) is 5.75 Å². The highest BCUT2D eigenvalue weighted by Gasteiger charge is 2.22. The van der Waals surface area contributed by atoms with Gasteiger partial charge in [0.1, 0.15) is 5.75 Å². The van der Waals surface area contributed by atoms with Gasteiger partial charge >= 0.3 is 5.69 Å². The van der Waals surface area contributed by atoms with E-state index >= 15 is 0 Å². The predicted octanol–water partition coefficient (Wildman–Crippen LogP) is 2.85. The Balaban J connectivity index is 1.49. The molecular weight excluding hydrogens is 342 g/mol. The number of benzene rings is 2. The molecule has 140 valence electrons. The summed E-state index contributed by atoms with van der Waals surface area (Å²) < 4.78 is 9.07. The van der Waals surface area contributed by atoms with E-state index in [1.807, 2.05) is 55.5 Å². The number of nitrogens with one attached hydrogen (secondary N) is 1. The minimum absolute atomic E-state index is 0.0452. The monoisotopic (exact) mass is 365 g/mol. The van der Waals surface area contributed by atoms with E-state index in [2.05, 4.69) is 5.32 Å². The molecule has 0 fully saturated rings. The molecule has 6 nitrogen and oxygen atoms in total. The molecule has 3 aromatic rings. The Kier molecular flexibility index (Phi) is 4.71. The first kappa shape index (κ1) is 17.4. The molecule has 4 rings (SSSR count). The molecule has 1 amide bonds.